The van der Waals surface area contributed by atoms with E-state index in [4.69, 9.17) is 4.42 Å². The average Bonchev–Trinajstić information content (AvgIpc) is 3.51. The number of nitrogens with one attached hydrogen (secondary N) is 1. The van der Waals surface area contributed by atoms with E-state index in [0.717, 1.165) is 22.3 Å². The van der Waals surface area contributed by atoms with Crippen molar-refractivity contribution in [3.05, 3.63) is 82.5 Å². The summed E-state index contributed by atoms with van der Waals surface area (Å²) < 4.78 is 6.65. The topological polar surface area (TPSA) is 103 Å². The van der Waals surface area contributed by atoms with E-state index < -0.39 is 0 Å². The predicted molar refractivity (Wildman–Crippen MR) is 127 cm³/mol. The van der Waals surface area contributed by atoms with Gasteiger partial charge in [0.15, 0.2) is 0 Å². The third kappa shape index (κ3) is 4.31. The Morgan fingerprint density at radius 1 is 1.09 bits per heavy atom. The molecule has 0 aliphatic carbocycles. The second kappa shape index (κ2) is 8.79. The van der Waals surface area contributed by atoms with Crippen LogP contribution in [-0.2, 0) is 11.3 Å². The lowest BCUT2D eigenvalue weighted by atomic mass is 10.1. The van der Waals surface area contributed by atoms with Crippen molar-refractivity contribution in [3.63, 3.8) is 0 Å². The van der Waals surface area contributed by atoms with E-state index >= 15 is 0 Å². The summed E-state index contributed by atoms with van der Waals surface area (Å²) in [5.74, 6) is 0.213. The van der Waals surface area contributed by atoms with Crippen LogP contribution in [0.5, 0.6) is 0 Å². The third-order valence-corrected chi connectivity index (χ3v) is 6.17. The molecule has 0 radical (unpaired) electrons. The molecular weight excluding hydrogens is 438 g/mol. The van der Waals surface area contributed by atoms with Crippen LogP contribution in [0.1, 0.15) is 12.0 Å². The van der Waals surface area contributed by atoms with Crippen LogP contribution in [0.4, 0.5) is 5.69 Å². The molecule has 33 heavy (non-hydrogen) atoms. The lowest BCUT2D eigenvalue weighted by molar-refractivity contribution is -0.116. The van der Waals surface area contributed by atoms with Gasteiger partial charge < -0.3 is 9.73 Å². The first kappa shape index (κ1) is 20.8. The molecule has 2 aromatic carbocycles. The highest BCUT2D eigenvalue weighted by Gasteiger charge is 2.14. The van der Waals surface area contributed by atoms with Crippen molar-refractivity contribution in [1.82, 2.24) is 19.7 Å². The molecule has 0 unspecified atom stereocenters. The van der Waals surface area contributed by atoms with Gasteiger partial charge in [0.05, 0.1) is 11.7 Å². The highest BCUT2D eigenvalue weighted by molar-refractivity contribution is 7.17. The normalized spacial score (nSPS) is 11.1. The van der Waals surface area contributed by atoms with Gasteiger partial charge in [-0.05, 0) is 36.8 Å². The lowest BCUT2D eigenvalue weighted by Crippen LogP contribution is -2.23. The number of fused-ring (bicyclic) bond motifs is 1. The van der Waals surface area contributed by atoms with Crippen molar-refractivity contribution in [2.24, 2.45) is 0 Å². The molecule has 9 heteroatoms. The van der Waals surface area contributed by atoms with Crippen molar-refractivity contribution in [2.75, 3.05) is 5.32 Å². The highest BCUT2D eigenvalue weighted by Crippen LogP contribution is 2.30. The van der Waals surface area contributed by atoms with Gasteiger partial charge >= 0.3 is 0 Å². The van der Waals surface area contributed by atoms with Crippen LogP contribution in [0, 0.1) is 6.92 Å². The first-order valence-electron chi connectivity index (χ1n) is 10.3. The second-order valence-corrected chi connectivity index (χ2v) is 8.42. The molecule has 3 aromatic heterocycles. The average molecular weight is 458 g/mol. The van der Waals surface area contributed by atoms with Crippen molar-refractivity contribution in [3.8, 4) is 22.6 Å². The summed E-state index contributed by atoms with van der Waals surface area (Å²) in [4.78, 5) is 30.7. The zero-order valence-corrected chi connectivity index (χ0v) is 18.5. The van der Waals surface area contributed by atoms with Gasteiger partial charge in [-0.25, -0.2) is 4.98 Å². The van der Waals surface area contributed by atoms with Crippen LogP contribution >= 0.6 is 11.3 Å². The molecule has 0 fully saturated rings. The maximum Gasteiger partial charge on any atom is 0.262 e. The smallest absolute Gasteiger partial charge is 0.262 e. The standard InChI is InChI=1S/C24H19N5O3S/c1-15-2-4-16(5-3-15)19-12-33-23-21(19)24(31)29(13-25-23)11-10-20(30)27-18-8-6-17(7-9-18)22-28-26-14-32-22/h2-9,12-14H,10-11H2,1H3,(H,27,30). The van der Waals surface area contributed by atoms with Crippen molar-refractivity contribution < 1.29 is 9.21 Å². The van der Waals surface area contributed by atoms with Crippen LogP contribution in [0.2, 0.25) is 0 Å². The van der Waals surface area contributed by atoms with E-state index in [1.54, 1.807) is 24.3 Å². The minimum absolute atomic E-state index is 0.141. The SMILES string of the molecule is Cc1ccc(-c2csc3ncn(CCC(=O)Nc4ccc(-c5nnco5)cc4)c(=O)c23)cc1. The molecule has 164 valence electrons. The fourth-order valence-corrected chi connectivity index (χ4v) is 4.42. The summed E-state index contributed by atoms with van der Waals surface area (Å²) in [6.07, 6.45) is 2.91. The van der Waals surface area contributed by atoms with E-state index in [2.05, 4.69) is 20.5 Å². The van der Waals surface area contributed by atoms with Crippen LogP contribution in [-0.4, -0.2) is 25.7 Å². The molecule has 0 aliphatic rings. The number of aryl methyl sites for hydroxylation is 2. The molecule has 0 saturated heterocycles. The van der Waals surface area contributed by atoms with Crippen molar-refractivity contribution in [2.45, 2.75) is 19.9 Å². The maximum atomic E-state index is 13.1. The molecular formula is C24H19N5O3S. The van der Waals surface area contributed by atoms with Crippen molar-refractivity contribution in [1.29, 1.82) is 0 Å². The number of hydrogen-bond donors (Lipinski definition) is 1. The van der Waals surface area contributed by atoms with Gasteiger partial charge in [0.25, 0.3) is 5.56 Å². The molecule has 0 saturated carbocycles. The highest BCUT2D eigenvalue weighted by atomic mass is 32.1. The molecule has 5 rings (SSSR count). The number of carbonyl (C=O) groups is 1. The van der Waals surface area contributed by atoms with Gasteiger partial charge in [-0.2, -0.15) is 0 Å². The zero-order valence-electron chi connectivity index (χ0n) is 17.7. The summed E-state index contributed by atoms with van der Waals surface area (Å²) in [6.45, 7) is 2.26. The Kier molecular flexibility index (Phi) is 5.54. The van der Waals surface area contributed by atoms with Gasteiger partial charge in [-0.3, -0.25) is 14.2 Å². The van der Waals surface area contributed by atoms with E-state index in [9.17, 15) is 9.59 Å². The second-order valence-electron chi connectivity index (χ2n) is 7.56. The Hall–Kier alpha value is -4.11. The first-order valence-corrected chi connectivity index (χ1v) is 11.2. The number of hydrogen-bond acceptors (Lipinski definition) is 7. The lowest BCUT2D eigenvalue weighted by Gasteiger charge is -2.08. The van der Waals surface area contributed by atoms with Gasteiger partial charge in [-0.15, -0.1) is 21.5 Å². The van der Waals surface area contributed by atoms with Crippen LogP contribution in [0.3, 0.4) is 0 Å². The van der Waals surface area contributed by atoms with Gasteiger partial charge in [-0.1, -0.05) is 29.8 Å². The van der Waals surface area contributed by atoms with Crippen LogP contribution < -0.4 is 10.9 Å². The van der Waals surface area contributed by atoms with E-state index in [1.165, 1.54) is 28.6 Å². The number of carbonyl (C=O) groups excluding carboxylic acids is 1. The van der Waals surface area contributed by atoms with Crippen LogP contribution in [0.15, 0.2) is 75.8 Å². The molecule has 0 aliphatic heterocycles. The Bertz CT molecular complexity index is 1470. The first-order chi connectivity index (χ1) is 16.1. The number of nitrogens with zero attached hydrogens (tertiary/aromatic N) is 4. The summed E-state index contributed by atoms with van der Waals surface area (Å²) >= 11 is 1.44. The predicted octanol–water partition coefficient (Wildman–Crippen LogP) is 4.51. The minimum Gasteiger partial charge on any atom is -0.423 e. The third-order valence-electron chi connectivity index (χ3n) is 5.28. The van der Waals surface area contributed by atoms with Gasteiger partial charge in [0, 0.05) is 35.2 Å². The monoisotopic (exact) mass is 457 g/mol. The number of aromatic nitrogens is 4. The Morgan fingerprint density at radius 2 is 1.85 bits per heavy atom. The summed E-state index contributed by atoms with van der Waals surface area (Å²) in [5.41, 5.74) is 4.26. The quantitative estimate of drug-likeness (QED) is 0.402. The number of benzene rings is 2. The number of anilines is 1. The zero-order chi connectivity index (χ0) is 22.8. The number of thiophene rings is 1. The van der Waals surface area contributed by atoms with E-state index in [-0.39, 0.29) is 24.4 Å². The van der Waals surface area contributed by atoms with E-state index in [1.807, 2.05) is 36.6 Å². The van der Waals surface area contributed by atoms with Gasteiger partial charge in [0.2, 0.25) is 18.2 Å². The van der Waals surface area contributed by atoms with Gasteiger partial charge in [0.1, 0.15) is 4.83 Å². The fourth-order valence-electron chi connectivity index (χ4n) is 3.51. The summed E-state index contributed by atoms with van der Waals surface area (Å²) in [5, 5.41) is 12.9. The van der Waals surface area contributed by atoms with E-state index in [0.29, 0.717) is 21.8 Å². The fraction of sp³-hybridized carbons (Fsp3) is 0.125. The molecule has 0 bridgehead atoms. The molecule has 0 atom stereocenters. The Morgan fingerprint density at radius 3 is 2.58 bits per heavy atom. The summed E-state index contributed by atoms with van der Waals surface area (Å²) in [7, 11) is 0. The number of rotatable bonds is 6. The summed E-state index contributed by atoms with van der Waals surface area (Å²) in [6, 6.07) is 15.1. The Balaban J connectivity index is 1.30. The van der Waals surface area contributed by atoms with Crippen LogP contribution in [0.25, 0.3) is 32.8 Å². The Labute approximate surface area is 192 Å². The molecule has 1 amide bonds. The molecule has 3 heterocycles. The molecule has 8 nitrogen and oxygen atoms in total. The minimum atomic E-state index is -0.198. The molecule has 1 N–H and O–H groups in total. The molecule has 5 aromatic rings. The van der Waals surface area contributed by atoms with Crippen molar-refractivity contribution >= 4 is 33.1 Å². The largest absolute Gasteiger partial charge is 0.423 e. The number of amides is 1. The maximum absolute atomic E-state index is 13.1. The molecule has 0 spiro atoms.